The highest BCUT2D eigenvalue weighted by Crippen LogP contribution is 2.29. The van der Waals surface area contributed by atoms with Crippen LogP contribution < -0.4 is 5.32 Å². The Labute approximate surface area is 189 Å². The molecule has 0 unspecified atom stereocenters. The van der Waals surface area contributed by atoms with E-state index in [0.29, 0.717) is 11.3 Å². The summed E-state index contributed by atoms with van der Waals surface area (Å²) >= 11 is 1.58. The van der Waals surface area contributed by atoms with Crippen LogP contribution in [0, 0.1) is 6.92 Å². The topological polar surface area (TPSA) is 72.7 Å². The van der Waals surface area contributed by atoms with Crippen molar-refractivity contribution in [2.24, 2.45) is 0 Å². The minimum atomic E-state index is -0.197. The number of pyridine rings is 1. The Balaban J connectivity index is 1.37. The van der Waals surface area contributed by atoms with Gasteiger partial charge in [0, 0.05) is 34.6 Å². The van der Waals surface area contributed by atoms with Gasteiger partial charge in [-0.25, -0.2) is 9.67 Å². The summed E-state index contributed by atoms with van der Waals surface area (Å²) in [5.74, 6) is -0.197. The molecule has 1 amide bonds. The third-order valence-electron chi connectivity index (χ3n) is 5.10. The standard InChI is InChI=1S/C25H19N5OS/c1-17-22(15-27-30(17)21-8-3-2-4-9-21)24(31)28-20-7-5-6-19(14-20)23-16-32-25(29-23)18-10-12-26-13-11-18/h2-16H,1H3,(H,28,31). The smallest absolute Gasteiger partial charge is 0.259 e. The fourth-order valence-corrected chi connectivity index (χ4v) is 4.29. The SMILES string of the molecule is Cc1c(C(=O)Nc2cccc(-c3csc(-c4ccncc4)n3)c2)cnn1-c1ccccc1. The summed E-state index contributed by atoms with van der Waals surface area (Å²) in [6.07, 6.45) is 5.12. The average Bonchev–Trinajstić information content (AvgIpc) is 3.48. The molecule has 7 heteroatoms. The number of para-hydroxylation sites is 1. The maximum atomic E-state index is 12.9. The van der Waals surface area contributed by atoms with E-state index in [9.17, 15) is 4.79 Å². The van der Waals surface area contributed by atoms with Gasteiger partial charge in [0.05, 0.1) is 28.8 Å². The van der Waals surface area contributed by atoms with Gasteiger partial charge in [-0.3, -0.25) is 9.78 Å². The molecular weight excluding hydrogens is 418 g/mol. The lowest BCUT2D eigenvalue weighted by molar-refractivity contribution is 0.102. The van der Waals surface area contributed by atoms with E-state index < -0.39 is 0 Å². The molecule has 0 aliphatic carbocycles. The zero-order chi connectivity index (χ0) is 21.9. The molecule has 32 heavy (non-hydrogen) atoms. The van der Waals surface area contributed by atoms with Crippen molar-refractivity contribution in [3.05, 3.63) is 102 Å². The van der Waals surface area contributed by atoms with Gasteiger partial charge in [0.1, 0.15) is 5.01 Å². The van der Waals surface area contributed by atoms with Gasteiger partial charge in [0.25, 0.3) is 5.91 Å². The van der Waals surface area contributed by atoms with Crippen molar-refractivity contribution in [3.63, 3.8) is 0 Å². The largest absolute Gasteiger partial charge is 0.322 e. The van der Waals surface area contributed by atoms with Gasteiger partial charge in [0.15, 0.2) is 0 Å². The quantitative estimate of drug-likeness (QED) is 0.387. The van der Waals surface area contributed by atoms with Crippen molar-refractivity contribution < 1.29 is 4.79 Å². The molecule has 0 atom stereocenters. The lowest BCUT2D eigenvalue weighted by Crippen LogP contribution is -2.13. The Kier molecular flexibility index (Phi) is 5.31. The molecule has 0 saturated heterocycles. The lowest BCUT2D eigenvalue weighted by atomic mass is 10.1. The van der Waals surface area contributed by atoms with Crippen LogP contribution in [-0.4, -0.2) is 25.7 Å². The van der Waals surface area contributed by atoms with E-state index in [1.807, 2.05) is 79.0 Å². The van der Waals surface area contributed by atoms with Crippen LogP contribution >= 0.6 is 11.3 Å². The lowest BCUT2D eigenvalue weighted by Gasteiger charge is -2.08. The van der Waals surface area contributed by atoms with Gasteiger partial charge < -0.3 is 5.32 Å². The maximum Gasteiger partial charge on any atom is 0.259 e. The van der Waals surface area contributed by atoms with Crippen LogP contribution in [-0.2, 0) is 0 Å². The molecule has 0 bridgehead atoms. The first-order chi connectivity index (χ1) is 15.7. The molecule has 0 saturated carbocycles. The highest BCUT2D eigenvalue weighted by atomic mass is 32.1. The number of carbonyl (C=O) groups is 1. The van der Waals surface area contributed by atoms with Crippen molar-refractivity contribution in [3.8, 4) is 27.5 Å². The maximum absolute atomic E-state index is 12.9. The van der Waals surface area contributed by atoms with Crippen LogP contribution in [0.1, 0.15) is 16.1 Å². The van der Waals surface area contributed by atoms with Gasteiger partial charge in [-0.1, -0.05) is 30.3 Å². The highest BCUT2D eigenvalue weighted by molar-refractivity contribution is 7.13. The first-order valence-corrected chi connectivity index (χ1v) is 10.9. The number of rotatable bonds is 5. The van der Waals surface area contributed by atoms with Crippen LogP contribution in [0.2, 0.25) is 0 Å². The zero-order valence-electron chi connectivity index (χ0n) is 17.3. The fraction of sp³-hybridized carbons (Fsp3) is 0.0400. The predicted molar refractivity (Wildman–Crippen MR) is 127 cm³/mol. The van der Waals surface area contributed by atoms with Crippen LogP contribution in [0.5, 0.6) is 0 Å². The second-order valence-corrected chi connectivity index (χ2v) is 8.06. The summed E-state index contributed by atoms with van der Waals surface area (Å²) in [4.78, 5) is 21.7. The second kappa shape index (κ2) is 8.56. The van der Waals surface area contributed by atoms with Crippen LogP contribution in [0.3, 0.4) is 0 Å². The molecule has 0 radical (unpaired) electrons. The number of anilines is 1. The molecule has 156 valence electrons. The van der Waals surface area contributed by atoms with Gasteiger partial charge in [0.2, 0.25) is 0 Å². The molecule has 6 nitrogen and oxygen atoms in total. The van der Waals surface area contributed by atoms with E-state index >= 15 is 0 Å². The summed E-state index contributed by atoms with van der Waals surface area (Å²) in [5.41, 5.74) is 5.78. The second-order valence-electron chi connectivity index (χ2n) is 7.20. The van der Waals surface area contributed by atoms with Gasteiger partial charge in [-0.15, -0.1) is 11.3 Å². The van der Waals surface area contributed by atoms with E-state index in [2.05, 4.69) is 15.4 Å². The van der Waals surface area contributed by atoms with Crippen molar-refractivity contribution in [1.29, 1.82) is 0 Å². The number of nitrogens with one attached hydrogen (secondary N) is 1. The minimum absolute atomic E-state index is 0.197. The molecule has 3 aromatic heterocycles. The molecule has 2 aromatic carbocycles. The van der Waals surface area contributed by atoms with Gasteiger partial charge in [-0.05, 0) is 43.3 Å². The van der Waals surface area contributed by atoms with Crippen LogP contribution in [0.4, 0.5) is 5.69 Å². The van der Waals surface area contributed by atoms with Crippen molar-refractivity contribution in [1.82, 2.24) is 19.7 Å². The Morgan fingerprint density at radius 3 is 2.59 bits per heavy atom. The molecule has 3 heterocycles. The molecule has 5 aromatic rings. The van der Waals surface area contributed by atoms with Crippen LogP contribution in [0.15, 0.2) is 90.7 Å². The third kappa shape index (κ3) is 3.93. The first kappa shape index (κ1) is 19.8. The Morgan fingerprint density at radius 1 is 0.969 bits per heavy atom. The summed E-state index contributed by atoms with van der Waals surface area (Å²) in [6, 6.07) is 21.3. The Hall–Kier alpha value is -4.10. The average molecular weight is 438 g/mol. The molecule has 0 spiro atoms. The first-order valence-electron chi connectivity index (χ1n) is 10.1. The third-order valence-corrected chi connectivity index (χ3v) is 5.99. The number of hydrogen-bond donors (Lipinski definition) is 1. The summed E-state index contributed by atoms with van der Waals surface area (Å²) in [7, 11) is 0. The molecule has 0 aliphatic rings. The number of hydrogen-bond acceptors (Lipinski definition) is 5. The number of amides is 1. The summed E-state index contributed by atoms with van der Waals surface area (Å²) in [5, 5.41) is 10.3. The zero-order valence-corrected chi connectivity index (χ0v) is 18.1. The number of aromatic nitrogens is 4. The van der Waals surface area contributed by atoms with Crippen molar-refractivity contribution >= 4 is 22.9 Å². The van der Waals surface area contributed by atoms with E-state index in [1.54, 1.807) is 34.6 Å². The summed E-state index contributed by atoms with van der Waals surface area (Å²) in [6.45, 7) is 1.89. The molecular formula is C25H19N5OS. The minimum Gasteiger partial charge on any atom is -0.322 e. The molecule has 0 aliphatic heterocycles. The Bertz CT molecular complexity index is 1380. The van der Waals surface area contributed by atoms with E-state index in [4.69, 9.17) is 4.98 Å². The van der Waals surface area contributed by atoms with Gasteiger partial charge in [-0.2, -0.15) is 5.10 Å². The molecule has 5 rings (SSSR count). The van der Waals surface area contributed by atoms with Gasteiger partial charge >= 0.3 is 0 Å². The number of thiazole rings is 1. The molecule has 0 fully saturated rings. The number of benzene rings is 2. The monoisotopic (exact) mass is 437 g/mol. The Morgan fingerprint density at radius 2 is 1.78 bits per heavy atom. The van der Waals surface area contributed by atoms with Crippen molar-refractivity contribution in [2.75, 3.05) is 5.32 Å². The van der Waals surface area contributed by atoms with E-state index in [-0.39, 0.29) is 5.91 Å². The normalized spacial score (nSPS) is 10.8. The highest BCUT2D eigenvalue weighted by Gasteiger charge is 2.16. The molecule has 1 N–H and O–H groups in total. The summed E-state index contributed by atoms with van der Waals surface area (Å²) < 4.78 is 1.77. The van der Waals surface area contributed by atoms with Crippen molar-refractivity contribution in [2.45, 2.75) is 6.92 Å². The predicted octanol–water partition coefficient (Wildman–Crippen LogP) is 5.62. The number of carbonyl (C=O) groups excluding carboxylic acids is 1. The van der Waals surface area contributed by atoms with Crippen LogP contribution in [0.25, 0.3) is 27.5 Å². The fourth-order valence-electron chi connectivity index (χ4n) is 3.45. The number of nitrogens with zero attached hydrogens (tertiary/aromatic N) is 4. The van der Waals surface area contributed by atoms with E-state index in [1.165, 1.54) is 0 Å². The van der Waals surface area contributed by atoms with E-state index in [0.717, 1.165) is 33.2 Å².